The molecule has 1 aliphatic heterocycles. The Balaban J connectivity index is 1.22. The normalized spacial score (nSPS) is 20.5. The Morgan fingerprint density at radius 3 is 2.86 bits per heavy atom. The second-order valence-electron chi connectivity index (χ2n) is 8.04. The van der Waals surface area contributed by atoms with Gasteiger partial charge in [-0.05, 0) is 42.9 Å². The highest BCUT2D eigenvalue weighted by Gasteiger charge is 2.28. The molecule has 28 heavy (non-hydrogen) atoms. The highest BCUT2D eigenvalue weighted by molar-refractivity contribution is 7.18. The van der Waals surface area contributed by atoms with Gasteiger partial charge in [-0.1, -0.05) is 19.1 Å². The summed E-state index contributed by atoms with van der Waals surface area (Å²) in [5.41, 5.74) is 3.41. The van der Waals surface area contributed by atoms with Crippen LogP contribution in [0.5, 0.6) is 0 Å². The molecule has 1 aliphatic carbocycles. The van der Waals surface area contributed by atoms with E-state index in [-0.39, 0.29) is 5.91 Å². The van der Waals surface area contributed by atoms with E-state index < -0.39 is 0 Å². The summed E-state index contributed by atoms with van der Waals surface area (Å²) in [6.45, 7) is 6.66. The number of thiazole rings is 1. The summed E-state index contributed by atoms with van der Waals surface area (Å²) in [6.07, 6.45) is 3.42. The van der Waals surface area contributed by atoms with Crippen LogP contribution in [0.15, 0.2) is 29.6 Å². The highest BCUT2D eigenvalue weighted by atomic mass is 32.1. The van der Waals surface area contributed by atoms with Crippen LogP contribution >= 0.6 is 22.7 Å². The van der Waals surface area contributed by atoms with Crippen LogP contribution in [-0.2, 0) is 19.4 Å². The number of thiophene rings is 1. The number of piperazine rings is 1. The monoisotopic (exact) mass is 411 g/mol. The lowest BCUT2D eigenvalue weighted by Crippen LogP contribution is -2.48. The largest absolute Gasteiger partial charge is 0.336 e. The Morgan fingerprint density at radius 2 is 2.04 bits per heavy atom. The minimum absolute atomic E-state index is 0.242. The number of para-hydroxylation sites is 1. The number of nitrogens with zero attached hydrogens (tertiary/aromatic N) is 3. The summed E-state index contributed by atoms with van der Waals surface area (Å²) in [6, 6.07) is 8.32. The molecule has 5 rings (SSSR count). The second-order valence-corrected chi connectivity index (χ2v) is 10.1. The molecule has 0 saturated carbocycles. The van der Waals surface area contributed by atoms with E-state index in [1.54, 1.807) is 22.7 Å². The Hall–Kier alpha value is -1.76. The third-order valence-electron chi connectivity index (χ3n) is 5.99. The molecule has 3 aromatic rings. The lowest BCUT2D eigenvalue weighted by Gasteiger charge is -2.34. The van der Waals surface area contributed by atoms with E-state index in [1.165, 1.54) is 26.6 Å². The van der Waals surface area contributed by atoms with E-state index in [9.17, 15) is 4.79 Å². The lowest BCUT2D eigenvalue weighted by atomic mass is 9.88. The van der Waals surface area contributed by atoms with Crippen molar-refractivity contribution in [1.82, 2.24) is 14.8 Å². The molecule has 0 N–H and O–H groups in total. The number of benzene rings is 1. The predicted octanol–water partition coefficient (Wildman–Crippen LogP) is 4.44. The van der Waals surface area contributed by atoms with E-state index in [0.29, 0.717) is 0 Å². The topological polar surface area (TPSA) is 36.4 Å². The zero-order valence-corrected chi connectivity index (χ0v) is 17.8. The number of fused-ring (bicyclic) bond motifs is 2. The zero-order chi connectivity index (χ0) is 19.1. The smallest absolute Gasteiger partial charge is 0.255 e. The summed E-state index contributed by atoms with van der Waals surface area (Å²) in [5.74, 6) is 0.992. The summed E-state index contributed by atoms with van der Waals surface area (Å²) in [7, 11) is 0. The van der Waals surface area contributed by atoms with Crippen molar-refractivity contribution in [1.29, 1.82) is 0 Å². The van der Waals surface area contributed by atoms with Crippen molar-refractivity contribution >= 4 is 38.8 Å². The molecule has 0 bridgehead atoms. The molecule has 1 fully saturated rings. The maximum absolute atomic E-state index is 13.1. The SMILES string of the molecule is CC1CCc2c(C(=O)N3CCN(Cc4nc5ccccc5s4)CC3)csc2C1. The van der Waals surface area contributed by atoms with Gasteiger partial charge in [-0.2, -0.15) is 0 Å². The summed E-state index contributed by atoms with van der Waals surface area (Å²) < 4.78 is 1.25. The van der Waals surface area contributed by atoms with Gasteiger partial charge in [0.2, 0.25) is 0 Å². The fourth-order valence-corrected chi connectivity index (χ4v) is 6.56. The molecular weight excluding hydrogens is 386 g/mol. The molecule has 3 heterocycles. The van der Waals surface area contributed by atoms with Crippen molar-refractivity contribution in [3.8, 4) is 0 Å². The van der Waals surface area contributed by atoms with Gasteiger partial charge < -0.3 is 4.90 Å². The molecule has 1 amide bonds. The first-order chi connectivity index (χ1) is 13.7. The molecule has 6 heteroatoms. The zero-order valence-electron chi connectivity index (χ0n) is 16.2. The second kappa shape index (κ2) is 7.58. The first-order valence-corrected chi connectivity index (χ1v) is 11.8. The standard InChI is InChI=1S/C22H25N3OS2/c1-15-6-7-16-17(14-27-20(16)12-15)22(26)25-10-8-24(9-11-25)13-21-23-18-4-2-3-5-19(18)28-21/h2-5,14-15H,6-13H2,1H3. The highest BCUT2D eigenvalue weighted by Crippen LogP contribution is 2.33. The van der Waals surface area contributed by atoms with Gasteiger partial charge in [-0.3, -0.25) is 9.69 Å². The molecule has 4 nitrogen and oxygen atoms in total. The summed E-state index contributed by atoms with van der Waals surface area (Å²) >= 11 is 3.57. The van der Waals surface area contributed by atoms with Crippen molar-refractivity contribution in [2.45, 2.75) is 32.7 Å². The van der Waals surface area contributed by atoms with Crippen molar-refractivity contribution in [2.75, 3.05) is 26.2 Å². The summed E-state index contributed by atoms with van der Waals surface area (Å²) in [5, 5.41) is 3.28. The van der Waals surface area contributed by atoms with Crippen LogP contribution in [-0.4, -0.2) is 46.9 Å². The maximum Gasteiger partial charge on any atom is 0.255 e. The van der Waals surface area contributed by atoms with Gasteiger partial charge in [0.05, 0.1) is 22.3 Å². The van der Waals surface area contributed by atoms with Gasteiger partial charge in [0.25, 0.3) is 5.91 Å². The first-order valence-electron chi connectivity index (χ1n) is 10.1. The van der Waals surface area contributed by atoms with E-state index >= 15 is 0 Å². The van der Waals surface area contributed by atoms with E-state index in [4.69, 9.17) is 4.98 Å². The van der Waals surface area contributed by atoms with Crippen LogP contribution in [0.25, 0.3) is 10.2 Å². The molecule has 1 atom stereocenters. The minimum Gasteiger partial charge on any atom is -0.336 e. The van der Waals surface area contributed by atoms with Crippen LogP contribution in [0.2, 0.25) is 0 Å². The molecule has 0 radical (unpaired) electrons. The van der Waals surface area contributed by atoms with Crippen molar-refractivity contribution in [3.63, 3.8) is 0 Å². The number of amides is 1. The van der Waals surface area contributed by atoms with Crippen molar-refractivity contribution < 1.29 is 4.79 Å². The van der Waals surface area contributed by atoms with Crippen molar-refractivity contribution in [3.05, 3.63) is 50.7 Å². The van der Waals surface area contributed by atoms with Crippen molar-refractivity contribution in [2.24, 2.45) is 5.92 Å². The Bertz CT molecular complexity index is 967. The molecular formula is C22H25N3OS2. The molecule has 146 valence electrons. The van der Waals surface area contributed by atoms with Gasteiger partial charge in [0.15, 0.2) is 0 Å². The van der Waals surface area contributed by atoms with E-state index in [0.717, 1.165) is 62.6 Å². The molecule has 0 spiro atoms. The van der Waals surface area contributed by atoms with Gasteiger partial charge >= 0.3 is 0 Å². The Kier molecular flexibility index (Phi) is 4.95. The van der Waals surface area contributed by atoms with Gasteiger partial charge in [0, 0.05) is 36.4 Å². The van der Waals surface area contributed by atoms with Crippen LogP contribution in [0.3, 0.4) is 0 Å². The fraction of sp³-hybridized carbons (Fsp3) is 0.455. The van der Waals surface area contributed by atoms with Gasteiger partial charge in [0.1, 0.15) is 5.01 Å². The quantitative estimate of drug-likeness (QED) is 0.639. The molecule has 2 aromatic heterocycles. The first kappa shape index (κ1) is 18.3. The molecule has 2 aliphatic rings. The maximum atomic E-state index is 13.1. The number of aromatic nitrogens is 1. The fourth-order valence-electron chi connectivity index (χ4n) is 4.31. The van der Waals surface area contributed by atoms with Crippen LogP contribution < -0.4 is 0 Å². The summed E-state index contributed by atoms with van der Waals surface area (Å²) in [4.78, 5) is 23.8. The number of carbonyl (C=O) groups is 1. The predicted molar refractivity (Wildman–Crippen MR) is 116 cm³/mol. The number of hydrogen-bond donors (Lipinski definition) is 0. The number of rotatable bonds is 3. The molecule has 1 saturated heterocycles. The average molecular weight is 412 g/mol. The Morgan fingerprint density at radius 1 is 1.21 bits per heavy atom. The van der Waals surface area contributed by atoms with Crippen LogP contribution in [0.4, 0.5) is 0 Å². The molecule has 1 unspecified atom stereocenters. The third kappa shape index (κ3) is 3.49. The Labute approximate surface area is 173 Å². The van der Waals surface area contributed by atoms with E-state index in [2.05, 4.69) is 40.3 Å². The van der Waals surface area contributed by atoms with Gasteiger partial charge in [-0.25, -0.2) is 4.98 Å². The molecule has 1 aromatic carbocycles. The lowest BCUT2D eigenvalue weighted by molar-refractivity contribution is 0.0627. The average Bonchev–Trinajstić information content (AvgIpc) is 3.31. The number of hydrogen-bond acceptors (Lipinski definition) is 5. The van der Waals surface area contributed by atoms with Crippen LogP contribution in [0, 0.1) is 5.92 Å². The van der Waals surface area contributed by atoms with Crippen LogP contribution in [0.1, 0.15) is 39.2 Å². The number of carbonyl (C=O) groups excluding carboxylic acids is 1. The van der Waals surface area contributed by atoms with Gasteiger partial charge in [-0.15, -0.1) is 22.7 Å². The third-order valence-corrected chi connectivity index (χ3v) is 8.06. The van der Waals surface area contributed by atoms with E-state index in [1.807, 2.05) is 6.07 Å². The minimum atomic E-state index is 0.242.